The van der Waals surface area contributed by atoms with Crippen molar-refractivity contribution in [3.05, 3.63) is 12.7 Å². The minimum atomic E-state index is 0.572. The van der Waals surface area contributed by atoms with Crippen LogP contribution in [0.25, 0.3) is 0 Å². The molecule has 1 heterocycles. The van der Waals surface area contributed by atoms with Crippen molar-refractivity contribution in [3.63, 3.8) is 0 Å². The highest BCUT2D eigenvalue weighted by molar-refractivity contribution is 4.84. The van der Waals surface area contributed by atoms with E-state index in [0.29, 0.717) is 12.0 Å². The predicted octanol–water partition coefficient (Wildman–Crippen LogP) is 2.62. The van der Waals surface area contributed by atoms with Crippen molar-refractivity contribution in [2.45, 2.75) is 32.8 Å². The van der Waals surface area contributed by atoms with Gasteiger partial charge in [0, 0.05) is 0 Å². The Hall–Kier alpha value is -0.300. The molecule has 0 aromatic rings. The highest BCUT2D eigenvalue weighted by Crippen LogP contribution is 2.28. The van der Waals surface area contributed by atoms with Crippen LogP contribution in [-0.2, 0) is 4.74 Å². The third-order valence-electron chi connectivity index (χ3n) is 2.49. The van der Waals surface area contributed by atoms with Crippen molar-refractivity contribution in [1.29, 1.82) is 0 Å². The Morgan fingerprint density at radius 1 is 1.73 bits per heavy atom. The van der Waals surface area contributed by atoms with Crippen LogP contribution in [0.2, 0.25) is 0 Å². The molecule has 1 aliphatic rings. The summed E-state index contributed by atoms with van der Waals surface area (Å²) in [6.45, 7) is 9.23. The minimum Gasteiger partial charge on any atom is -0.373 e. The van der Waals surface area contributed by atoms with Gasteiger partial charge in [0.05, 0.1) is 12.7 Å². The molecule has 1 fully saturated rings. The fourth-order valence-electron chi connectivity index (χ4n) is 1.48. The number of hydrogen-bond acceptors (Lipinski definition) is 1. The number of allylic oxidation sites excluding steroid dienone is 1. The molecule has 1 aliphatic heterocycles. The lowest BCUT2D eigenvalue weighted by atomic mass is 9.91. The maximum absolute atomic E-state index is 5.27. The molecule has 0 saturated carbocycles. The van der Waals surface area contributed by atoms with Gasteiger partial charge in [-0.1, -0.05) is 26.3 Å². The second kappa shape index (κ2) is 3.91. The first kappa shape index (κ1) is 8.79. The Bertz CT molecular complexity index is 127. The average Bonchev–Trinajstić information content (AvgIpc) is 2.82. The average molecular weight is 154 g/mol. The quantitative estimate of drug-likeness (QED) is 0.438. The molecule has 1 heteroatoms. The first-order chi connectivity index (χ1) is 5.27. The topological polar surface area (TPSA) is 12.5 Å². The van der Waals surface area contributed by atoms with Crippen molar-refractivity contribution >= 4 is 0 Å². The summed E-state index contributed by atoms with van der Waals surface area (Å²) in [5.41, 5.74) is 0. The molecular formula is C10H18O. The van der Waals surface area contributed by atoms with Gasteiger partial charge in [0.1, 0.15) is 0 Å². The summed E-state index contributed by atoms with van der Waals surface area (Å²) in [4.78, 5) is 0. The third-order valence-corrected chi connectivity index (χ3v) is 2.49. The van der Waals surface area contributed by atoms with E-state index in [0.717, 1.165) is 12.5 Å². The smallest absolute Gasteiger partial charge is 0.0838 e. The molecule has 1 rings (SSSR count). The van der Waals surface area contributed by atoms with Crippen LogP contribution in [0.15, 0.2) is 12.7 Å². The summed E-state index contributed by atoms with van der Waals surface area (Å²) in [5.74, 6) is 1.41. The summed E-state index contributed by atoms with van der Waals surface area (Å²) in [6, 6.07) is 0. The van der Waals surface area contributed by atoms with Crippen molar-refractivity contribution < 1.29 is 4.74 Å². The number of ether oxygens (including phenoxy) is 1. The van der Waals surface area contributed by atoms with E-state index in [1.165, 1.54) is 12.8 Å². The van der Waals surface area contributed by atoms with Gasteiger partial charge >= 0.3 is 0 Å². The van der Waals surface area contributed by atoms with Crippen LogP contribution < -0.4 is 0 Å². The summed E-state index contributed by atoms with van der Waals surface area (Å²) in [7, 11) is 0. The van der Waals surface area contributed by atoms with E-state index >= 15 is 0 Å². The SMILES string of the molecule is C=CC(C)CC(CC)C1CO1. The van der Waals surface area contributed by atoms with Gasteiger partial charge in [-0.05, 0) is 18.3 Å². The summed E-state index contributed by atoms with van der Waals surface area (Å²) >= 11 is 0. The molecule has 3 atom stereocenters. The van der Waals surface area contributed by atoms with Gasteiger partial charge in [-0.2, -0.15) is 0 Å². The van der Waals surface area contributed by atoms with Crippen LogP contribution in [0.3, 0.4) is 0 Å². The van der Waals surface area contributed by atoms with Crippen molar-refractivity contribution in [2.75, 3.05) is 6.61 Å². The number of hydrogen-bond donors (Lipinski definition) is 0. The van der Waals surface area contributed by atoms with Gasteiger partial charge in [-0.3, -0.25) is 0 Å². The zero-order valence-electron chi connectivity index (χ0n) is 7.55. The fourth-order valence-corrected chi connectivity index (χ4v) is 1.48. The fraction of sp³-hybridized carbons (Fsp3) is 0.800. The van der Waals surface area contributed by atoms with Gasteiger partial charge in [-0.25, -0.2) is 0 Å². The summed E-state index contributed by atoms with van der Waals surface area (Å²) in [5, 5.41) is 0. The van der Waals surface area contributed by atoms with Crippen LogP contribution in [0, 0.1) is 11.8 Å². The summed E-state index contributed by atoms with van der Waals surface area (Å²) in [6.07, 6.45) is 5.08. The standard InChI is InChI=1S/C10H18O/c1-4-8(3)6-9(5-2)10-7-11-10/h4,8-10H,1,5-7H2,2-3H3. The normalized spacial score (nSPS) is 27.6. The van der Waals surface area contributed by atoms with Crippen molar-refractivity contribution in [1.82, 2.24) is 0 Å². The minimum absolute atomic E-state index is 0.572. The van der Waals surface area contributed by atoms with Gasteiger partial charge in [0.2, 0.25) is 0 Å². The highest BCUT2D eigenvalue weighted by Gasteiger charge is 2.31. The van der Waals surface area contributed by atoms with E-state index in [1.54, 1.807) is 0 Å². The molecule has 0 spiro atoms. The van der Waals surface area contributed by atoms with Crippen LogP contribution in [0.5, 0.6) is 0 Å². The van der Waals surface area contributed by atoms with E-state index < -0.39 is 0 Å². The van der Waals surface area contributed by atoms with E-state index in [1.807, 2.05) is 6.08 Å². The first-order valence-electron chi connectivity index (χ1n) is 4.52. The molecule has 1 saturated heterocycles. The van der Waals surface area contributed by atoms with Crippen LogP contribution >= 0.6 is 0 Å². The van der Waals surface area contributed by atoms with E-state index in [2.05, 4.69) is 20.4 Å². The van der Waals surface area contributed by atoms with Crippen LogP contribution in [0.1, 0.15) is 26.7 Å². The Morgan fingerprint density at radius 2 is 2.36 bits per heavy atom. The van der Waals surface area contributed by atoms with E-state index in [-0.39, 0.29) is 0 Å². The second-order valence-electron chi connectivity index (χ2n) is 3.49. The molecular weight excluding hydrogens is 136 g/mol. The molecule has 64 valence electrons. The lowest BCUT2D eigenvalue weighted by molar-refractivity contribution is 0.293. The zero-order chi connectivity index (χ0) is 8.27. The van der Waals surface area contributed by atoms with E-state index in [4.69, 9.17) is 4.74 Å². The molecule has 0 amide bonds. The lowest BCUT2D eigenvalue weighted by Crippen LogP contribution is -2.10. The molecule has 11 heavy (non-hydrogen) atoms. The molecule has 0 aromatic heterocycles. The van der Waals surface area contributed by atoms with Crippen molar-refractivity contribution in [3.8, 4) is 0 Å². The van der Waals surface area contributed by atoms with Gasteiger partial charge in [-0.15, -0.1) is 6.58 Å². The second-order valence-corrected chi connectivity index (χ2v) is 3.49. The largest absolute Gasteiger partial charge is 0.373 e. The maximum Gasteiger partial charge on any atom is 0.0838 e. The zero-order valence-corrected chi connectivity index (χ0v) is 7.55. The molecule has 0 aliphatic carbocycles. The molecule has 0 bridgehead atoms. The van der Waals surface area contributed by atoms with Crippen LogP contribution in [0.4, 0.5) is 0 Å². The maximum atomic E-state index is 5.27. The number of rotatable bonds is 5. The first-order valence-corrected chi connectivity index (χ1v) is 4.52. The molecule has 0 N–H and O–H groups in total. The molecule has 0 aromatic carbocycles. The van der Waals surface area contributed by atoms with E-state index in [9.17, 15) is 0 Å². The highest BCUT2D eigenvalue weighted by atomic mass is 16.6. The Balaban J connectivity index is 2.24. The Kier molecular flexibility index (Phi) is 3.13. The Morgan fingerprint density at radius 3 is 2.73 bits per heavy atom. The van der Waals surface area contributed by atoms with Gasteiger partial charge in [0.15, 0.2) is 0 Å². The molecule has 1 nitrogen and oxygen atoms in total. The monoisotopic (exact) mass is 154 g/mol. The van der Waals surface area contributed by atoms with Gasteiger partial charge < -0.3 is 4.74 Å². The summed E-state index contributed by atoms with van der Waals surface area (Å²) < 4.78 is 5.27. The van der Waals surface area contributed by atoms with Crippen molar-refractivity contribution in [2.24, 2.45) is 11.8 Å². The third kappa shape index (κ3) is 2.66. The molecule has 0 radical (unpaired) electrons. The van der Waals surface area contributed by atoms with Gasteiger partial charge in [0.25, 0.3) is 0 Å². The Labute approximate surface area is 69.4 Å². The molecule has 3 unspecified atom stereocenters. The lowest BCUT2D eigenvalue weighted by Gasteiger charge is -2.14. The number of epoxide rings is 1. The van der Waals surface area contributed by atoms with Crippen LogP contribution in [-0.4, -0.2) is 12.7 Å². The predicted molar refractivity (Wildman–Crippen MR) is 47.5 cm³/mol.